The molecule has 0 bridgehead atoms. The molecule has 5 nitrogen and oxygen atoms in total. The minimum absolute atomic E-state index is 0.0438. The third-order valence-corrected chi connectivity index (χ3v) is 4.43. The first-order valence-corrected chi connectivity index (χ1v) is 8.86. The lowest BCUT2D eigenvalue weighted by atomic mass is 10.1. The summed E-state index contributed by atoms with van der Waals surface area (Å²) < 4.78 is 1.43. The lowest BCUT2D eigenvalue weighted by Crippen LogP contribution is -2.26. The average Bonchev–Trinajstić information content (AvgIpc) is 3.05. The number of nitrogens with one attached hydrogen (secondary N) is 1. The van der Waals surface area contributed by atoms with Gasteiger partial charge in [0.1, 0.15) is 0 Å². The smallest absolute Gasteiger partial charge is 0.247 e. The van der Waals surface area contributed by atoms with Gasteiger partial charge in [-0.2, -0.15) is 5.10 Å². The molecule has 1 atom stereocenters. The number of amides is 1. The van der Waals surface area contributed by atoms with Gasteiger partial charge in [0.05, 0.1) is 17.8 Å². The van der Waals surface area contributed by atoms with Crippen LogP contribution in [0.1, 0.15) is 48.1 Å². The van der Waals surface area contributed by atoms with Gasteiger partial charge in [-0.25, -0.2) is 4.68 Å². The Morgan fingerprint density at radius 3 is 2.65 bits per heavy atom. The summed E-state index contributed by atoms with van der Waals surface area (Å²) in [5.41, 5.74) is 3.01. The van der Waals surface area contributed by atoms with Gasteiger partial charge in [-0.1, -0.05) is 42.0 Å². The van der Waals surface area contributed by atoms with Gasteiger partial charge >= 0.3 is 0 Å². The largest absolute Gasteiger partial charge is 0.350 e. The van der Waals surface area contributed by atoms with Crippen LogP contribution in [0.2, 0.25) is 0 Å². The van der Waals surface area contributed by atoms with Crippen LogP contribution >= 0.6 is 0 Å². The van der Waals surface area contributed by atoms with E-state index in [1.807, 2.05) is 62.4 Å². The van der Waals surface area contributed by atoms with E-state index in [1.165, 1.54) is 4.68 Å². The molecule has 0 aliphatic heterocycles. The van der Waals surface area contributed by atoms with E-state index in [0.29, 0.717) is 12.8 Å². The van der Waals surface area contributed by atoms with Crippen molar-refractivity contribution in [1.82, 2.24) is 15.1 Å². The van der Waals surface area contributed by atoms with Crippen molar-refractivity contribution in [3.05, 3.63) is 65.9 Å². The Hall–Kier alpha value is -2.95. The predicted molar refractivity (Wildman–Crippen MR) is 102 cm³/mol. The van der Waals surface area contributed by atoms with E-state index in [4.69, 9.17) is 0 Å². The van der Waals surface area contributed by atoms with Crippen molar-refractivity contribution in [2.24, 2.45) is 0 Å². The summed E-state index contributed by atoms with van der Waals surface area (Å²) in [5, 5.41) is 8.11. The van der Waals surface area contributed by atoms with Crippen LogP contribution in [0, 0.1) is 6.92 Å². The highest BCUT2D eigenvalue weighted by molar-refractivity contribution is 5.91. The molecule has 134 valence electrons. The van der Waals surface area contributed by atoms with E-state index in [9.17, 15) is 9.59 Å². The van der Waals surface area contributed by atoms with Crippen molar-refractivity contribution in [3.8, 4) is 0 Å². The van der Waals surface area contributed by atoms with Gasteiger partial charge in [-0.05, 0) is 38.0 Å². The highest BCUT2D eigenvalue weighted by Crippen LogP contribution is 2.16. The molecule has 1 amide bonds. The predicted octanol–water partition coefficient (Wildman–Crippen LogP) is 4.03. The topological polar surface area (TPSA) is 64.0 Å². The fourth-order valence-electron chi connectivity index (χ4n) is 3.00. The van der Waals surface area contributed by atoms with Gasteiger partial charge in [0.2, 0.25) is 11.8 Å². The second kappa shape index (κ2) is 7.95. The molecule has 2 aromatic carbocycles. The molecule has 3 aromatic rings. The fourth-order valence-corrected chi connectivity index (χ4v) is 3.00. The molecule has 3 rings (SSSR count). The van der Waals surface area contributed by atoms with Crippen LogP contribution in [-0.4, -0.2) is 21.6 Å². The number of benzene rings is 2. The first-order valence-electron chi connectivity index (χ1n) is 8.86. The summed E-state index contributed by atoms with van der Waals surface area (Å²) in [6, 6.07) is 15.7. The molecule has 0 spiro atoms. The summed E-state index contributed by atoms with van der Waals surface area (Å²) in [7, 11) is 0. The highest BCUT2D eigenvalue weighted by Gasteiger charge is 2.13. The molecule has 1 N–H and O–H groups in total. The zero-order chi connectivity index (χ0) is 18.5. The Labute approximate surface area is 153 Å². The van der Waals surface area contributed by atoms with Gasteiger partial charge in [0, 0.05) is 18.2 Å². The Balaban J connectivity index is 1.51. The molecule has 5 heteroatoms. The molecule has 0 fully saturated rings. The standard InChI is InChI=1S/C21H23N3O2/c1-15-11-12-19-18(13-15)14-22-24(19)21(26)10-6-9-20(25)23-16(2)17-7-4-3-5-8-17/h3-5,7-8,11-14,16H,6,9-10H2,1-2H3,(H,23,25)/t16-/m1/s1. The summed E-state index contributed by atoms with van der Waals surface area (Å²) in [5.74, 6) is -0.136. The van der Waals surface area contributed by atoms with Crippen LogP contribution in [0.25, 0.3) is 10.9 Å². The van der Waals surface area contributed by atoms with Crippen molar-refractivity contribution in [1.29, 1.82) is 0 Å². The van der Waals surface area contributed by atoms with Crippen LogP contribution in [-0.2, 0) is 4.79 Å². The normalized spacial score (nSPS) is 12.1. The van der Waals surface area contributed by atoms with Crippen molar-refractivity contribution in [2.75, 3.05) is 0 Å². The van der Waals surface area contributed by atoms with Crippen LogP contribution in [0.3, 0.4) is 0 Å². The van der Waals surface area contributed by atoms with Gasteiger partial charge in [0.15, 0.2) is 0 Å². The van der Waals surface area contributed by atoms with Crippen LogP contribution in [0.15, 0.2) is 54.7 Å². The van der Waals surface area contributed by atoms with Gasteiger partial charge in [-0.15, -0.1) is 0 Å². The van der Waals surface area contributed by atoms with E-state index in [1.54, 1.807) is 6.20 Å². The molecule has 0 unspecified atom stereocenters. The molecule has 0 aliphatic carbocycles. The maximum Gasteiger partial charge on any atom is 0.247 e. The molecular formula is C21H23N3O2. The SMILES string of the molecule is Cc1ccc2c(cnn2C(=O)CCCC(=O)N[C@H](C)c2ccccc2)c1. The fraction of sp³-hybridized carbons (Fsp3) is 0.286. The minimum Gasteiger partial charge on any atom is -0.350 e. The number of nitrogens with zero attached hydrogens (tertiary/aromatic N) is 2. The molecule has 0 saturated carbocycles. The number of carbonyl (C=O) groups excluding carboxylic acids is 2. The van der Waals surface area contributed by atoms with E-state index >= 15 is 0 Å². The summed E-state index contributed by atoms with van der Waals surface area (Å²) in [4.78, 5) is 24.5. The van der Waals surface area contributed by atoms with Crippen molar-refractivity contribution < 1.29 is 9.59 Å². The van der Waals surface area contributed by atoms with Crippen molar-refractivity contribution in [2.45, 2.75) is 39.2 Å². The third-order valence-electron chi connectivity index (χ3n) is 4.43. The maximum absolute atomic E-state index is 12.4. The first-order chi connectivity index (χ1) is 12.5. The molecular weight excluding hydrogens is 326 g/mol. The van der Waals surface area contributed by atoms with E-state index in [2.05, 4.69) is 10.4 Å². The zero-order valence-corrected chi connectivity index (χ0v) is 15.1. The number of rotatable bonds is 6. The van der Waals surface area contributed by atoms with Crippen LogP contribution < -0.4 is 5.32 Å². The number of hydrogen-bond donors (Lipinski definition) is 1. The number of aryl methyl sites for hydroxylation is 1. The molecule has 26 heavy (non-hydrogen) atoms. The van der Waals surface area contributed by atoms with Crippen LogP contribution in [0.5, 0.6) is 0 Å². The average molecular weight is 349 g/mol. The molecule has 0 radical (unpaired) electrons. The number of aromatic nitrogens is 2. The van der Waals surface area contributed by atoms with E-state index in [-0.39, 0.29) is 24.3 Å². The van der Waals surface area contributed by atoms with E-state index in [0.717, 1.165) is 22.0 Å². The number of hydrogen-bond acceptors (Lipinski definition) is 3. The Morgan fingerprint density at radius 1 is 1.12 bits per heavy atom. The summed E-state index contributed by atoms with van der Waals surface area (Å²) in [6.07, 6.45) is 2.81. The zero-order valence-electron chi connectivity index (χ0n) is 15.1. The quantitative estimate of drug-likeness (QED) is 0.731. The Kier molecular flexibility index (Phi) is 5.46. The second-order valence-electron chi connectivity index (χ2n) is 6.57. The monoisotopic (exact) mass is 349 g/mol. The minimum atomic E-state index is -0.0900. The van der Waals surface area contributed by atoms with Crippen molar-refractivity contribution >= 4 is 22.7 Å². The third kappa shape index (κ3) is 4.17. The second-order valence-corrected chi connectivity index (χ2v) is 6.57. The van der Waals surface area contributed by atoms with E-state index < -0.39 is 0 Å². The molecule has 1 aromatic heterocycles. The Morgan fingerprint density at radius 2 is 1.88 bits per heavy atom. The molecule has 0 saturated heterocycles. The number of fused-ring (bicyclic) bond motifs is 1. The summed E-state index contributed by atoms with van der Waals surface area (Å²) in [6.45, 7) is 3.96. The van der Waals surface area contributed by atoms with Gasteiger partial charge < -0.3 is 5.32 Å². The molecule has 1 heterocycles. The summed E-state index contributed by atoms with van der Waals surface area (Å²) >= 11 is 0. The first kappa shape index (κ1) is 17.9. The molecule has 0 aliphatic rings. The Bertz CT molecular complexity index is 915. The number of carbonyl (C=O) groups is 2. The van der Waals surface area contributed by atoms with Crippen molar-refractivity contribution in [3.63, 3.8) is 0 Å². The van der Waals surface area contributed by atoms with Crippen LogP contribution in [0.4, 0.5) is 0 Å². The van der Waals surface area contributed by atoms with Gasteiger partial charge in [-0.3, -0.25) is 9.59 Å². The lowest BCUT2D eigenvalue weighted by Gasteiger charge is -2.14. The lowest BCUT2D eigenvalue weighted by molar-refractivity contribution is -0.121. The highest BCUT2D eigenvalue weighted by atomic mass is 16.2. The van der Waals surface area contributed by atoms with Gasteiger partial charge in [0.25, 0.3) is 0 Å². The maximum atomic E-state index is 12.4.